The highest BCUT2D eigenvalue weighted by atomic mass is 16.5. The van der Waals surface area contributed by atoms with E-state index < -0.39 is 5.54 Å². The minimum atomic E-state index is -0.402. The van der Waals surface area contributed by atoms with Crippen LogP contribution in [0.2, 0.25) is 0 Å². The molecule has 0 radical (unpaired) electrons. The standard InChI is InChI=1S/C14H27N3O/c1-5-18-9-8-17(4)12(2)10-14(3,11-15)16-13-6-7-13/h12-13,16H,5-10H2,1-4H3. The molecule has 4 heteroatoms. The quantitative estimate of drug-likeness (QED) is 0.636. The third-order valence-electron chi connectivity index (χ3n) is 3.60. The van der Waals surface area contributed by atoms with Crippen molar-refractivity contribution in [3.63, 3.8) is 0 Å². The second kappa shape index (κ2) is 7.08. The molecule has 1 rings (SSSR count). The van der Waals surface area contributed by atoms with E-state index >= 15 is 0 Å². The molecule has 0 heterocycles. The number of nitriles is 1. The monoisotopic (exact) mass is 253 g/mol. The van der Waals surface area contributed by atoms with E-state index in [0.29, 0.717) is 12.1 Å². The molecule has 104 valence electrons. The van der Waals surface area contributed by atoms with Crippen LogP contribution < -0.4 is 5.32 Å². The van der Waals surface area contributed by atoms with Crippen LogP contribution in [-0.4, -0.2) is 49.3 Å². The van der Waals surface area contributed by atoms with E-state index in [2.05, 4.69) is 30.3 Å². The van der Waals surface area contributed by atoms with Crippen molar-refractivity contribution in [3.05, 3.63) is 0 Å². The average molecular weight is 253 g/mol. The van der Waals surface area contributed by atoms with Gasteiger partial charge in [0.05, 0.1) is 12.7 Å². The van der Waals surface area contributed by atoms with Crippen LogP contribution in [0, 0.1) is 11.3 Å². The van der Waals surface area contributed by atoms with Gasteiger partial charge in [-0.1, -0.05) is 0 Å². The highest BCUT2D eigenvalue weighted by Crippen LogP contribution is 2.25. The number of rotatable bonds is 9. The largest absolute Gasteiger partial charge is 0.380 e. The van der Waals surface area contributed by atoms with Gasteiger partial charge in [0.1, 0.15) is 5.54 Å². The Hall–Kier alpha value is -0.630. The summed E-state index contributed by atoms with van der Waals surface area (Å²) in [5.41, 5.74) is -0.402. The molecule has 0 saturated heterocycles. The first-order valence-corrected chi connectivity index (χ1v) is 6.97. The normalized spacial score (nSPS) is 20.4. The first-order valence-electron chi connectivity index (χ1n) is 6.97. The lowest BCUT2D eigenvalue weighted by molar-refractivity contribution is 0.104. The maximum Gasteiger partial charge on any atom is 0.105 e. The molecule has 1 N–H and O–H groups in total. The average Bonchev–Trinajstić information content (AvgIpc) is 3.12. The van der Waals surface area contributed by atoms with E-state index in [1.165, 1.54) is 12.8 Å². The first kappa shape index (κ1) is 15.4. The van der Waals surface area contributed by atoms with Crippen LogP contribution in [0.15, 0.2) is 0 Å². The van der Waals surface area contributed by atoms with Crippen LogP contribution in [0.1, 0.15) is 40.0 Å². The smallest absolute Gasteiger partial charge is 0.105 e. The Labute approximate surface area is 111 Å². The van der Waals surface area contributed by atoms with Gasteiger partial charge in [0, 0.05) is 25.2 Å². The summed E-state index contributed by atoms with van der Waals surface area (Å²) in [5, 5.41) is 12.8. The molecule has 18 heavy (non-hydrogen) atoms. The van der Waals surface area contributed by atoms with Crippen LogP contribution >= 0.6 is 0 Å². The summed E-state index contributed by atoms with van der Waals surface area (Å²) < 4.78 is 5.36. The summed E-state index contributed by atoms with van der Waals surface area (Å²) in [6.45, 7) is 8.64. The molecule has 0 aromatic rings. The van der Waals surface area contributed by atoms with Gasteiger partial charge in [0.25, 0.3) is 0 Å². The zero-order valence-corrected chi connectivity index (χ0v) is 12.2. The van der Waals surface area contributed by atoms with E-state index in [0.717, 1.165) is 26.2 Å². The molecule has 4 nitrogen and oxygen atoms in total. The van der Waals surface area contributed by atoms with Crippen molar-refractivity contribution >= 4 is 0 Å². The van der Waals surface area contributed by atoms with Gasteiger partial charge in [-0.15, -0.1) is 0 Å². The first-order chi connectivity index (χ1) is 8.50. The van der Waals surface area contributed by atoms with Crippen molar-refractivity contribution in [3.8, 4) is 6.07 Å². The Morgan fingerprint density at radius 1 is 1.56 bits per heavy atom. The molecule has 2 atom stereocenters. The fourth-order valence-corrected chi connectivity index (χ4v) is 2.13. The number of nitrogens with zero attached hydrogens (tertiary/aromatic N) is 2. The second-order valence-electron chi connectivity index (χ2n) is 5.59. The van der Waals surface area contributed by atoms with Gasteiger partial charge in [-0.05, 0) is 47.1 Å². The summed E-state index contributed by atoms with van der Waals surface area (Å²) in [7, 11) is 2.10. The summed E-state index contributed by atoms with van der Waals surface area (Å²) in [4.78, 5) is 2.26. The predicted octanol–water partition coefficient (Wildman–Crippen LogP) is 1.77. The second-order valence-corrected chi connectivity index (χ2v) is 5.59. The maximum atomic E-state index is 9.35. The lowest BCUT2D eigenvalue weighted by Crippen LogP contribution is -2.47. The summed E-state index contributed by atoms with van der Waals surface area (Å²) >= 11 is 0. The van der Waals surface area contributed by atoms with Gasteiger partial charge in [0.15, 0.2) is 0 Å². The van der Waals surface area contributed by atoms with Gasteiger partial charge in [0.2, 0.25) is 0 Å². The molecule has 0 aromatic heterocycles. The van der Waals surface area contributed by atoms with Crippen LogP contribution in [-0.2, 0) is 4.74 Å². The van der Waals surface area contributed by atoms with E-state index in [1.54, 1.807) is 0 Å². The Morgan fingerprint density at radius 2 is 2.22 bits per heavy atom. The predicted molar refractivity (Wildman–Crippen MR) is 73.4 cm³/mol. The highest BCUT2D eigenvalue weighted by Gasteiger charge is 2.34. The molecule has 0 bridgehead atoms. The third kappa shape index (κ3) is 5.34. The Kier molecular flexibility index (Phi) is 6.07. The van der Waals surface area contributed by atoms with Crippen molar-refractivity contribution in [2.75, 3.05) is 26.8 Å². The fourth-order valence-electron chi connectivity index (χ4n) is 2.13. The summed E-state index contributed by atoms with van der Waals surface area (Å²) in [6.07, 6.45) is 3.28. The van der Waals surface area contributed by atoms with E-state index in [1.807, 2.05) is 13.8 Å². The number of hydrogen-bond acceptors (Lipinski definition) is 4. The Balaban J connectivity index is 2.35. The van der Waals surface area contributed by atoms with Crippen LogP contribution in [0.3, 0.4) is 0 Å². The minimum Gasteiger partial charge on any atom is -0.380 e. The van der Waals surface area contributed by atoms with Crippen molar-refractivity contribution in [2.24, 2.45) is 0 Å². The molecule has 2 unspecified atom stereocenters. The molecule has 0 spiro atoms. The third-order valence-corrected chi connectivity index (χ3v) is 3.60. The van der Waals surface area contributed by atoms with Crippen LogP contribution in [0.4, 0.5) is 0 Å². The lowest BCUT2D eigenvalue weighted by atomic mass is 9.94. The molecule has 1 aliphatic rings. The topological polar surface area (TPSA) is 48.3 Å². The Morgan fingerprint density at radius 3 is 2.72 bits per heavy atom. The Bertz CT molecular complexity index is 285. The summed E-state index contributed by atoms with van der Waals surface area (Å²) in [6, 6.07) is 3.38. The SMILES string of the molecule is CCOCCN(C)C(C)CC(C)(C#N)NC1CC1. The lowest BCUT2D eigenvalue weighted by Gasteiger charge is -2.32. The van der Waals surface area contributed by atoms with E-state index in [9.17, 15) is 5.26 Å². The van der Waals surface area contributed by atoms with Crippen LogP contribution in [0.25, 0.3) is 0 Å². The molecule has 0 aliphatic heterocycles. The molecule has 0 amide bonds. The molecular formula is C14H27N3O. The number of nitrogens with one attached hydrogen (secondary N) is 1. The van der Waals surface area contributed by atoms with Gasteiger partial charge in [-0.25, -0.2) is 0 Å². The summed E-state index contributed by atoms with van der Waals surface area (Å²) in [5.74, 6) is 0. The highest BCUT2D eigenvalue weighted by molar-refractivity contribution is 5.08. The van der Waals surface area contributed by atoms with Gasteiger partial charge < -0.3 is 9.64 Å². The number of hydrogen-bond donors (Lipinski definition) is 1. The maximum absolute atomic E-state index is 9.35. The minimum absolute atomic E-state index is 0.376. The van der Waals surface area contributed by atoms with Crippen molar-refractivity contribution in [2.45, 2.75) is 57.7 Å². The van der Waals surface area contributed by atoms with Crippen molar-refractivity contribution < 1.29 is 4.74 Å². The number of ether oxygens (including phenoxy) is 1. The fraction of sp³-hybridized carbons (Fsp3) is 0.929. The number of likely N-dealkylation sites (N-methyl/N-ethyl adjacent to an activating group) is 1. The zero-order chi connectivity index (χ0) is 13.6. The molecule has 0 aromatic carbocycles. The molecule has 1 saturated carbocycles. The van der Waals surface area contributed by atoms with E-state index in [4.69, 9.17) is 4.74 Å². The molecular weight excluding hydrogens is 226 g/mol. The van der Waals surface area contributed by atoms with Gasteiger partial charge >= 0.3 is 0 Å². The van der Waals surface area contributed by atoms with Crippen molar-refractivity contribution in [1.29, 1.82) is 5.26 Å². The van der Waals surface area contributed by atoms with Crippen LogP contribution in [0.5, 0.6) is 0 Å². The van der Waals surface area contributed by atoms with Gasteiger partial charge in [-0.3, -0.25) is 5.32 Å². The van der Waals surface area contributed by atoms with Gasteiger partial charge in [-0.2, -0.15) is 5.26 Å². The molecule has 1 aliphatic carbocycles. The van der Waals surface area contributed by atoms with Crippen molar-refractivity contribution in [1.82, 2.24) is 10.2 Å². The van der Waals surface area contributed by atoms with E-state index in [-0.39, 0.29) is 0 Å². The zero-order valence-electron chi connectivity index (χ0n) is 12.2. The molecule has 1 fully saturated rings.